The van der Waals surface area contributed by atoms with E-state index in [1.54, 1.807) is 0 Å². The molecule has 0 spiro atoms. The van der Waals surface area contributed by atoms with E-state index in [9.17, 15) is 14.4 Å². The summed E-state index contributed by atoms with van der Waals surface area (Å²) in [5.74, 6) is 0.822. The van der Waals surface area contributed by atoms with E-state index in [0.717, 1.165) is 69.6 Å². The molecule has 0 aliphatic heterocycles. The molecule has 0 amide bonds. The van der Waals surface area contributed by atoms with E-state index in [0.29, 0.717) is 19.3 Å². The normalized spacial score (nSPS) is 13.1. The van der Waals surface area contributed by atoms with Gasteiger partial charge < -0.3 is 14.2 Å². The van der Waals surface area contributed by atoms with Gasteiger partial charge >= 0.3 is 17.9 Å². The van der Waals surface area contributed by atoms with Gasteiger partial charge in [-0.1, -0.05) is 214 Å². The van der Waals surface area contributed by atoms with Crippen molar-refractivity contribution in [3.8, 4) is 0 Å². The van der Waals surface area contributed by atoms with E-state index >= 15 is 0 Å². The number of hydrogen-bond donors (Lipinski definition) is 0. The maximum absolute atomic E-state index is 12.7. The molecule has 0 saturated heterocycles. The minimum absolute atomic E-state index is 0.0653. The van der Waals surface area contributed by atoms with Crippen LogP contribution in [0.1, 0.15) is 253 Å². The van der Waals surface area contributed by atoms with E-state index in [2.05, 4.69) is 34.6 Å². The zero-order valence-corrected chi connectivity index (χ0v) is 36.1. The standard InChI is InChI=1S/C47H90O6/c1-6-9-10-11-12-13-14-18-21-27-32-37-45(48)51-40-44(41-52-46(49)38-33-28-24-23-26-31-36-43(5)8-3)53-47(50)39-34-29-22-19-16-15-17-20-25-30-35-42(4)7-2/h42-44H,6-41H2,1-5H3/t42?,43?,44-/m1/s1. The van der Waals surface area contributed by atoms with Gasteiger partial charge in [0.15, 0.2) is 6.10 Å². The van der Waals surface area contributed by atoms with E-state index < -0.39 is 6.10 Å². The molecule has 0 aliphatic rings. The van der Waals surface area contributed by atoms with Gasteiger partial charge in [-0.3, -0.25) is 14.4 Å². The van der Waals surface area contributed by atoms with Crippen molar-refractivity contribution in [3.05, 3.63) is 0 Å². The Kier molecular flexibility index (Phi) is 38.9. The summed E-state index contributed by atoms with van der Waals surface area (Å²) in [4.78, 5) is 37.7. The molecule has 314 valence electrons. The number of carbonyl (C=O) groups excluding carboxylic acids is 3. The lowest BCUT2D eigenvalue weighted by Gasteiger charge is -2.18. The lowest BCUT2D eigenvalue weighted by atomic mass is 9.99. The van der Waals surface area contributed by atoms with Gasteiger partial charge in [0.1, 0.15) is 13.2 Å². The van der Waals surface area contributed by atoms with Crippen molar-refractivity contribution in [2.24, 2.45) is 11.8 Å². The van der Waals surface area contributed by atoms with Gasteiger partial charge in [0.25, 0.3) is 0 Å². The first kappa shape index (κ1) is 51.4. The van der Waals surface area contributed by atoms with Crippen LogP contribution in [-0.4, -0.2) is 37.2 Å². The molecule has 0 heterocycles. The van der Waals surface area contributed by atoms with Gasteiger partial charge in [0.05, 0.1) is 0 Å². The molecule has 6 nitrogen and oxygen atoms in total. The second-order valence-corrected chi connectivity index (χ2v) is 16.5. The minimum atomic E-state index is -0.761. The molecule has 0 N–H and O–H groups in total. The summed E-state index contributed by atoms with van der Waals surface area (Å²) in [5, 5.41) is 0. The number of unbranched alkanes of at least 4 members (excludes halogenated alkanes) is 24. The van der Waals surface area contributed by atoms with Gasteiger partial charge in [-0.15, -0.1) is 0 Å². The fraction of sp³-hybridized carbons (Fsp3) is 0.936. The Morgan fingerprint density at radius 1 is 0.377 bits per heavy atom. The maximum atomic E-state index is 12.7. The fourth-order valence-electron chi connectivity index (χ4n) is 6.86. The second-order valence-electron chi connectivity index (χ2n) is 16.5. The Morgan fingerprint density at radius 2 is 0.660 bits per heavy atom. The SMILES string of the molecule is CCCCCCCCCCCCCC(=O)OC[C@H](COC(=O)CCCCCCCCC(C)CC)OC(=O)CCCCCCCCCCCCC(C)CC. The van der Waals surface area contributed by atoms with Crippen molar-refractivity contribution in [2.45, 2.75) is 259 Å². The summed E-state index contributed by atoms with van der Waals surface area (Å²) in [6.07, 6.45) is 37.9. The van der Waals surface area contributed by atoms with Gasteiger partial charge in [-0.25, -0.2) is 0 Å². The number of esters is 3. The molecule has 0 radical (unpaired) electrons. The van der Waals surface area contributed by atoms with Crippen LogP contribution in [-0.2, 0) is 28.6 Å². The van der Waals surface area contributed by atoms with Crippen LogP contribution < -0.4 is 0 Å². The molecule has 0 aromatic carbocycles. The van der Waals surface area contributed by atoms with E-state index in [-0.39, 0.29) is 31.1 Å². The van der Waals surface area contributed by atoms with Crippen molar-refractivity contribution in [1.29, 1.82) is 0 Å². The highest BCUT2D eigenvalue weighted by atomic mass is 16.6. The van der Waals surface area contributed by atoms with Crippen LogP contribution in [0.15, 0.2) is 0 Å². The summed E-state index contributed by atoms with van der Waals surface area (Å²) in [6, 6.07) is 0. The van der Waals surface area contributed by atoms with Gasteiger partial charge in [-0.05, 0) is 31.1 Å². The molecular weight excluding hydrogens is 661 g/mol. The highest BCUT2D eigenvalue weighted by Gasteiger charge is 2.19. The van der Waals surface area contributed by atoms with Crippen molar-refractivity contribution >= 4 is 17.9 Å². The Balaban J connectivity index is 4.35. The van der Waals surface area contributed by atoms with Crippen LogP contribution >= 0.6 is 0 Å². The summed E-state index contributed by atoms with van der Waals surface area (Å²) in [6.45, 7) is 11.3. The van der Waals surface area contributed by atoms with Crippen molar-refractivity contribution in [2.75, 3.05) is 13.2 Å². The van der Waals surface area contributed by atoms with Gasteiger partial charge in [0.2, 0.25) is 0 Å². The van der Waals surface area contributed by atoms with E-state index in [4.69, 9.17) is 14.2 Å². The van der Waals surface area contributed by atoms with E-state index in [1.807, 2.05) is 0 Å². The van der Waals surface area contributed by atoms with E-state index in [1.165, 1.54) is 141 Å². The zero-order chi connectivity index (χ0) is 39.0. The molecule has 53 heavy (non-hydrogen) atoms. The predicted molar refractivity (Wildman–Crippen MR) is 224 cm³/mol. The molecule has 0 aliphatic carbocycles. The Bertz CT molecular complexity index is 813. The van der Waals surface area contributed by atoms with Crippen LogP contribution in [0, 0.1) is 11.8 Å². The van der Waals surface area contributed by atoms with Crippen LogP contribution in [0.2, 0.25) is 0 Å². The second kappa shape index (κ2) is 40.1. The monoisotopic (exact) mass is 751 g/mol. The van der Waals surface area contributed by atoms with Crippen molar-refractivity contribution in [3.63, 3.8) is 0 Å². The summed E-state index contributed by atoms with van der Waals surface area (Å²) in [5.41, 5.74) is 0. The number of hydrogen-bond acceptors (Lipinski definition) is 6. The molecule has 0 saturated carbocycles. The number of ether oxygens (including phenoxy) is 3. The first-order valence-electron chi connectivity index (χ1n) is 23.3. The van der Waals surface area contributed by atoms with Crippen LogP contribution in [0.3, 0.4) is 0 Å². The zero-order valence-electron chi connectivity index (χ0n) is 36.1. The van der Waals surface area contributed by atoms with Crippen LogP contribution in [0.4, 0.5) is 0 Å². The Morgan fingerprint density at radius 3 is 0.981 bits per heavy atom. The average Bonchev–Trinajstić information content (AvgIpc) is 3.15. The summed E-state index contributed by atoms with van der Waals surface area (Å²) in [7, 11) is 0. The Labute approximate surface area is 329 Å². The number of carbonyl (C=O) groups is 3. The molecule has 6 heteroatoms. The topological polar surface area (TPSA) is 78.9 Å². The summed E-state index contributed by atoms with van der Waals surface area (Å²) >= 11 is 0. The third kappa shape index (κ3) is 38.5. The smallest absolute Gasteiger partial charge is 0.306 e. The minimum Gasteiger partial charge on any atom is -0.462 e. The molecular formula is C47H90O6. The highest BCUT2D eigenvalue weighted by molar-refractivity contribution is 5.71. The molecule has 2 unspecified atom stereocenters. The lowest BCUT2D eigenvalue weighted by molar-refractivity contribution is -0.167. The third-order valence-electron chi connectivity index (χ3n) is 11.2. The summed E-state index contributed by atoms with van der Waals surface area (Å²) < 4.78 is 16.7. The Hall–Kier alpha value is -1.59. The predicted octanol–water partition coefficient (Wildman–Crippen LogP) is 14.6. The molecule has 0 aromatic heterocycles. The van der Waals surface area contributed by atoms with Crippen LogP contribution in [0.5, 0.6) is 0 Å². The number of rotatable bonds is 41. The largest absolute Gasteiger partial charge is 0.462 e. The molecule has 0 bridgehead atoms. The lowest BCUT2D eigenvalue weighted by Crippen LogP contribution is -2.30. The van der Waals surface area contributed by atoms with Crippen LogP contribution in [0.25, 0.3) is 0 Å². The maximum Gasteiger partial charge on any atom is 0.306 e. The fourth-order valence-corrected chi connectivity index (χ4v) is 6.86. The molecule has 0 fully saturated rings. The first-order chi connectivity index (χ1) is 25.8. The third-order valence-corrected chi connectivity index (χ3v) is 11.2. The molecule has 3 atom stereocenters. The first-order valence-corrected chi connectivity index (χ1v) is 23.3. The molecule has 0 rings (SSSR count). The molecule has 0 aromatic rings. The van der Waals surface area contributed by atoms with Crippen molar-refractivity contribution in [1.82, 2.24) is 0 Å². The van der Waals surface area contributed by atoms with Gasteiger partial charge in [-0.2, -0.15) is 0 Å². The average molecular weight is 751 g/mol. The highest BCUT2D eigenvalue weighted by Crippen LogP contribution is 2.17. The van der Waals surface area contributed by atoms with Gasteiger partial charge in [0, 0.05) is 19.3 Å². The quantitative estimate of drug-likeness (QED) is 0.0352. The van der Waals surface area contributed by atoms with Crippen molar-refractivity contribution < 1.29 is 28.6 Å².